The van der Waals surface area contributed by atoms with Crippen molar-refractivity contribution in [2.75, 3.05) is 13.2 Å². The number of allylic oxidation sites excluding steroid dienone is 28. The minimum absolute atomic E-state index is 0.136. The highest BCUT2D eigenvalue weighted by Gasteiger charge is 2.19. The third kappa shape index (κ3) is 57.5. The van der Waals surface area contributed by atoms with Crippen LogP contribution in [-0.2, 0) is 28.6 Å². The topological polar surface area (TPSA) is 78.9 Å². The van der Waals surface area contributed by atoms with Gasteiger partial charge in [-0.25, -0.2) is 0 Å². The zero-order chi connectivity index (χ0) is 52.9. The Hall–Kier alpha value is -5.23. The van der Waals surface area contributed by atoms with Gasteiger partial charge < -0.3 is 14.2 Å². The molecule has 406 valence electrons. The highest BCUT2D eigenvalue weighted by molar-refractivity contribution is 5.71. The number of unbranched alkanes of at least 4 members (excludes halogenated alkanes) is 10. The first-order valence-corrected chi connectivity index (χ1v) is 28.6. The number of hydrogen-bond acceptors (Lipinski definition) is 6. The average molecular weight is 1000 g/mol. The van der Waals surface area contributed by atoms with Crippen LogP contribution in [0.15, 0.2) is 170 Å². The van der Waals surface area contributed by atoms with E-state index in [2.05, 4.69) is 179 Å². The van der Waals surface area contributed by atoms with Gasteiger partial charge in [-0.3, -0.25) is 14.4 Å². The normalized spacial score (nSPS) is 13.4. The Morgan fingerprint density at radius 3 is 0.918 bits per heavy atom. The van der Waals surface area contributed by atoms with Gasteiger partial charge in [-0.15, -0.1) is 0 Å². The monoisotopic (exact) mass is 1000 g/mol. The van der Waals surface area contributed by atoms with Crippen molar-refractivity contribution in [3.63, 3.8) is 0 Å². The summed E-state index contributed by atoms with van der Waals surface area (Å²) in [5, 5.41) is 0. The molecule has 0 spiro atoms. The van der Waals surface area contributed by atoms with Crippen LogP contribution in [0, 0.1) is 0 Å². The van der Waals surface area contributed by atoms with Gasteiger partial charge in [0.1, 0.15) is 13.2 Å². The molecule has 0 N–H and O–H groups in total. The summed E-state index contributed by atoms with van der Waals surface area (Å²) in [5.74, 6) is -1.09. The molecule has 0 bridgehead atoms. The SMILES string of the molecule is CC/C=C\C/C=C\C/C=C\C/C=C\C/C=C\CCCCCC(=O)O[C@@H](COC(=O)CC/C=C\C/C=C\C/C=C\C/C=C\C/C=C\CCCCC)COC(=O)CCCCCC/C=C\C/C=C\C/C=C\C/C=C\CC. The molecule has 6 heteroatoms. The minimum atomic E-state index is -0.847. The van der Waals surface area contributed by atoms with Gasteiger partial charge in [0.05, 0.1) is 0 Å². The van der Waals surface area contributed by atoms with Gasteiger partial charge in [0.15, 0.2) is 6.10 Å². The van der Waals surface area contributed by atoms with Crippen LogP contribution < -0.4 is 0 Å². The lowest BCUT2D eigenvalue weighted by molar-refractivity contribution is -0.166. The largest absolute Gasteiger partial charge is 0.462 e. The van der Waals surface area contributed by atoms with E-state index in [1.54, 1.807) is 0 Å². The molecule has 0 aliphatic heterocycles. The predicted molar refractivity (Wildman–Crippen MR) is 315 cm³/mol. The van der Waals surface area contributed by atoms with E-state index in [1.165, 1.54) is 25.7 Å². The summed E-state index contributed by atoms with van der Waals surface area (Å²) in [6.45, 7) is 6.25. The fourth-order valence-corrected chi connectivity index (χ4v) is 6.97. The van der Waals surface area contributed by atoms with Gasteiger partial charge in [0.25, 0.3) is 0 Å². The van der Waals surface area contributed by atoms with Crippen molar-refractivity contribution >= 4 is 17.9 Å². The van der Waals surface area contributed by atoms with E-state index in [4.69, 9.17) is 14.2 Å². The summed E-state index contributed by atoms with van der Waals surface area (Å²) in [4.78, 5) is 38.2. The lowest BCUT2D eigenvalue weighted by atomic mass is 10.1. The molecule has 0 amide bonds. The van der Waals surface area contributed by atoms with Crippen molar-refractivity contribution in [2.24, 2.45) is 0 Å². The fraction of sp³-hybridized carbons (Fsp3) is 0.537. The molecule has 0 radical (unpaired) electrons. The van der Waals surface area contributed by atoms with Crippen molar-refractivity contribution < 1.29 is 28.6 Å². The van der Waals surface area contributed by atoms with E-state index >= 15 is 0 Å². The molecule has 0 saturated carbocycles. The zero-order valence-electron chi connectivity index (χ0n) is 46.3. The van der Waals surface area contributed by atoms with Crippen LogP contribution in [0.25, 0.3) is 0 Å². The molecular formula is C67H102O6. The van der Waals surface area contributed by atoms with Crippen LogP contribution in [0.5, 0.6) is 0 Å². The van der Waals surface area contributed by atoms with Crippen LogP contribution in [0.2, 0.25) is 0 Å². The van der Waals surface area contributed by atoms with E-state index in [1.807, 2.05) is 12.2 Å². The van der Waals surface area contributed by atoms with Gasteiger partial charge in [0, 0.05) is 19.3 Å². The molecule has 0 fully saturated rings. The molecule has 0 aromatic carbocycles. The molecule has 0 saturated heterocycles. The van der Waals surface area contributed by atoms with Gasteiger partial charge in [-0.2, -0.15) is 0 Å². The molecule has 0 aliphatic carbocycles. The highest BCUT2D eigenvalue weighted by atomic mass is 16.6. The van der Waals surface area contributed by atoms with Gasteiger partial charge in [0.2, 0.25) is 0 Å². The van der Waals surface area contributed by atoms with Crippen LogP contribution in [0.1, 0.15) is 213 Å². The van der Waals surface area contributed by atoms with Gasteiger partial charge >= 0.3 is 17.9 Å². The van der Waals surface area contributed by atoms with E-state index < -0.39 is 6.10 Å². The number of ether oxygens (including phenoxy) is 3. The molecule has 1 atom stereocenters. The van der Waals surface area contributed by atoms with Crippen molar-refractivity contribution in [1.82, 2.24) is 0 Å². The summed E-state index contributed by atoms with van der Waals surface area (Å²) in [6, 6.07) is 0. The average Bonchev–Trinajstić information content (AvgIpc) is 3.39. The Morgan fingerprint density at radius 1 is 0.288 bits per heavy atom. The van der Waals surface area contributed by atoms with Crippen molar-refractivity contribution in [3.05, 3.63) is 170 Å². The van der Waals surface area contributed by atoms with Crippen molar-refractivity contribution in [1.29, 1.82) is 0 Å². The summed E-state index contributed by atoms with van der Waals surface area (Å²) in [5.41, 5.74) is 0. The number of hydrogen-bond donors (Lipinski definition) is 0. The standard InChI is InChI=1S/C67H102O6/c1-4-7-10-13-16-19-22-25-28-31-33-36-39-42-45-48-51-54-57-60-66(69)72-63-64(62-71-65(68)59-56-53-50-47-44-41-38-35-30-27-24-21-18-15-12-9-6-3)73-67(70)61-58-55-52-49-46-43-40-37-34-32-29-26-23-20-17-14-11-8-5-2/h8-9,11-12,16-21,25-30,33-34,36-38,41-43,45-46,51,54,64H,4-7,10,13-15,22-24,31-32,35,39-40,44,47-50,52-53,55-63H2,1-3H3/b11-8-,12-9-,19-16-,20-17-,21-18-,28-25-,29-26-,30-27-,36-33-,37-34-,41-38-,45-42-,46-43-,54-51-/t64-/m1/s1. The molecule has 0 heterocycles. The second kappa shape index (κ2) is 59.3. The van der Waals surface area contributed by atoms with Crippen LogP contribution in [-0.4, -0.2) is 37.2 Å². The van der Waals surface area contributed by atoms with Crippen LogP contribution in [0.4, 0.5) is 0 Å². The Morgan fingerprint density at radius 2 is 0.562 bits per heavy atom. The van der Waals surface area contributed by atoms with E-state index in [-0.39, 0.29) is 44.0 Å². The third-order valence-corrected chi connectivity index (χ3v) is 11.2. The van der Waals surface area contributed by atoms with Crippen molar-refractivity contribution in [3.8, 4) is 0 Å². The summed E-state index contributed by atoms with van der Waals surface area (Å²) in [7, 11) is 0. The van der Waals surface area contributed by atoms with E-state index in [0.29, 0.717) is 19.3 Å². The smallest absolute Gasteiger partial charge is 0.306 e. The maximum Gasteiger partial charge on any atom is 0.306 e. The first-order valence-electron chi connectivity index (χ1n) is 28.6. The molecule has 0 aromatic rings. The molecule has 6 nitrogen and oxygen atoms in total. The summed E-state index contributed by atoms with van der Waals surface area (Å²) < 4.78 is 16.7. The quantitative estimate of drug-likeness (QED) is 0.0261. The highest BCUT2D eigenvalue weighted by Crippen LogP contribution is 2.11. The van der Waals surface area contributed by atoms with Gasteiger partial charge in [-0.1, -0.05) is 223 Å². The fourth-order valence-electron chi connectivity index (χ4n) is 6.97. The van der Waals surface area contributed by atoms with E-state index in [0.717, 1.165) is 135 Å². The second-order valence-electron chi connectivity index (χ2n) is 18.1. The molecule has 0 aliphatic rings. The van der Waals surface area contributed by atoms with Crippen molar-refractivity contribution in [2.45, 2.75) is 219 Å². The minimum Gasteiger partial charge on any atom is -0.462 e. The Balaban J connectivity index is 4.65. The van der Waals surface area contributed by atoms with E-state index in [9.17, 15) is 14.4 Å². The number of carbonyl (C=O) groups excluding carboxylic acids is 3. The molecule has 0 aromatic heterocycles. The Bertz CT molecular complexity index is 1720. The summed E-state index contributed by atoms with van der Waals surface area (Å²) in [6.07, 6.45) is 87.8. The predicted octanol–water partition coefficient (Wildman–Crippen LogP) is 19.5. The lowest BCUT2D eigenvalue weighted by Gasteiger charge is -2.18. The van der Waals surface area contributed by atoms with Gasteiger partial charge in [-0.05, 0) is 141 Å². The molecule has 0 rings (SSSR count). The van der Waals surface area contributed by atoms with Crippen LogP contribution in [0.3, 0.4) is 0 Å². The lowest BCUT2D eigenvalue weighted by Crippen LogP contribution is -2.30. The first-order chi connectivity index (χ1) is 36.0. The second-order valence-corrected chi connectivity index (χ2v) is 18.1. The third-order valence-electron chi connectivity index (χ3n) is 11.2. The molecular weight excluding hydrogens is 901 g/mol. The summed E-state index contributed by atoms with van der Waals surface area (Å²) >= 11 is 0. The number of esters is 3. The molecule has 0 unspecified atom stereocenters. The maximum atomic E-state index is 12.9. The first kappa shape index (κ1) is 67.8. The maximum absolute atomic E-state index is 12.9. The number of rotatable bonds is 49. The number of carbonyl (C=O) groups is 3. The Kier molecular flexibility index (Phi) is 55.1. The van der Waals surface area contributed by atoms with Crippen LogP contribution >= 0.6 is 0 Å². The molecule has 73 heavy (non-hydrogen) atoms. The zero-order valence-corrected chi connectivity index (χ0v) is 46.3. The Labute approximate surface area is 447 Å².